The average Bonchev–Trinajstić information content (AvgIpc) is 3.22. The van der Waals surface area contributed by atoms with Gasteiger partial charge in [0.25, 0.3) is 5.91 Å². The van der Waals surface area contributed by atoms with Crippen molar-refractivity contribution >= 4 is 28.8 Å². The number of piperidine rings is 1. The van der Waals surface area contributed by atoms with E-state index >= 15 is 0 Å². The molecule has 0 aliphatic carbocycles. The second-order valence-electron chi connectivity index (χ2n) is 7.11. The zero-order chi connectivity index (χ0) is 18.1. The summed E-state index contributed by atoms with van der Waals surface area (Å²) >= 11 is 1.40. The van der Waals surface area contributed by atoms with Crippen LogP contribution in [0.5, 0.6) is 0 Å². The van der Waals surface area contributed by atoms with Gasteiger partial charge in [-0.15, -0.1) is 11.3 Å². The van der Waals surface area contributed by atoms with Crippen molar-refractivity contribution in [2.45, 2.75) is 25.8 Å². The predicted octanol–water partition coefficient (Wildman–Crippen LogP) is 2.59. The number of rotatable bonds is 4. The zero-order valence-corrected chi connectivity index (χ0v) is 15.5. The number of hydrogen-bond donors (Lipinski definition) is 2. The molecule has 7 heteroatoms. The summed E-state index contributed by atoms with van der Waals surface area (Å²) in [6.45, 7) is 4.77. The number of anilines is 1. The third-order valence-electron chi connectivity index (χ3n) is 4.99. The van der Waals surface area contributed by atoms with Crippen LogP contribution in [0, 0.1) is 5.92 Å². The van der Waals surface area contributed by atoms with E-state index in [0.29, 0.717) is 5.01 Å². The van der Waals surface area contributed by atoms with Gasteiger partial charge in [-0.25, -0.2) is 4.98 Å². The summed E-state index contributed by atoms with van der Waals surface area (Å²) in [7, 11) is 0. The van der Waals surface area contributed by atoms with Gasteiger partial charge >= 0.3 is 0 Å². The number of amides is 2. The van der Waals surface area contributed by atoms with Crippen molar-refractivity contribution in [3.8, 4) is 10.4 Å². The van der Waals surface area contributed by atoms with Gasteiger partial charge in [0, 0.05) is 37.9 Å². The van der Waals surface area contributed by atoms with Crippen molar-refractivity contribution in [3.05, 3.63) is 35.5 Å². The quantitative estimate of drug-likeness (QED) is 0.868. The summed E-state index contributed by atoms with van der Waals surface area (Å²) in [5, 5.41) is 6.40. The number of fused-ring (bicyclic) bond motifs is 2. The van der Waals surface area contributed by atoms with E-state index in [4.69, 9.17) is 0 Å². The number of benzene rings is 1. The molecular weight excluding hydrogens is 348 g/mol. The van der Waals surface area contributed by atoms with Crippen molar-refractivity contribution in [1.29, 1.82) is 0 Å². The number of nitrogens with zero attached hydrogens (tertiary/aromatic N) is 2. The van der Waals surface area contributed by atoms with Crippen LogP contribution < -0.4 is 10.6 Å². The summed E-state index contributed by atoms with van der Waals surface area (Å²) in [5.74, 6) is 0.550. The Morgan fingerprint density at radius 1 is 1.23 bits per heavy atom. The third kappa shape index (κ3) is 3.78. The van der Waals surface area contributed by atoms with Crippen LogP contribution in [0.25, 0.3) is 10.4 Å². The highest BCUT2D eigenvalue weighted by Crippen LogP contribution is 2.29. The van der Waals surface area contributed by atoms with Crippen LogP contribution in [-0.4, -0.2) is 47.4 Å². The van der Waals surface area contributed by atoms with Crippen LogP contribution >= 0.6 is 11.3 Å². The Balaban J connectivity index is 1.40. The fourth-order valence-corrected chi connectivity index (χ4v) is 4.67. The van der Waals surface area contributed by atoms with Gasteiger partial charge in [-0.05, 0) is 43.0 Å². The lowest BCUT2D eigenvalue weighted by atomic mass is 9.97. The molecule has 2 fully saturated rings. The normalized spacial score (nSPS) is 24.3. The van der Waals surface area contributed by atoms with E-state index in [-0.39, 0.29) is 17.9 Å². The van der Waals surface area contributed by atoms with Crippen LogP contribution in [-0.2, 0) is 4.79 Å². The van der Waals surface area contributed by atoms with Gasteiger partial charge in [-0.3, -0.25) is 9.59 Å². The van der Waals surface area contributed by atoms with Crippen LogP contribution in [0.2, 0.25) is 0 Å². The molecule has 1 unspecified atom stereocenters. The van der Waals surface area contributed by atoms with Crippen molar-refractivity contribution in [1.82, 2.24) is 15.2 Å². The van der Waals surface area contributed by atoms with Crippen LogP contribution in [0.1, 0.15) is 29.6 Å². The minimum absolute atomic E-state index is 0.0800. The van der Waals surface area contributed by atoms with Crippen molar-refractivity contribution in [2.24, 2.45) is 5.92 Å². The molecule has 0 radical (unpaired) electrons. The van der Waals surface area contributed by atoms with E-state index in [0.717, 1.165) is 41.6 Å². The van der Waals surface area contributed by atoms with Crippen LogP contribution in [0.15, 0.2) is 30.5 Å². The highest BCUT2D eigenvalue weighted by atomic mass is 32.1. The van der Waals surface area contributed by atoms with Gasteiger partial charge in [0.2, 0.25) is 5.91 Å². The summed E-state index contributed by atoms with van der Waals surface area (Å²) in [6, 6.07) is 7.78. The Hall–Kier alpha value is -2.25. The minimum Gasteiger partial charge on any atom is -0.346 e. The molecule has 2 aliphatic heterocycles. The first-order chi connectivity index (χ1) is 12.6. The summed E-state index contributed by atoms with van der Waals surface area (Å²) < 4.78 is 0. The fraction of sp³-hybridized carbons (Fsp3) is 0.421. The Morgan fingerprint density at radius 3 is 2.77 bits per heavy atom. The number of nitrogens with one attached hydrogen (secondary N) is 2. The van der Waals surface area contributed by atoms with Crippen molar-refractivity contribution in [2.75, 3.05) is 25.0 Å². The Morgan fingerprint density at radius 2 is 2.04 bits per heavy atom. The van der Waals surface area contributed by atoms with Gasteiger partial charge < -0.3 is 15.5 Å². The molecular formula is C19H22N4O2S. The fourth-order valence-electron chi connectivity index (χ4n) is 3.84. The summed E-state index contributed by atoms with van der Waals surface area (Å²) in [5.41, 5.74) is 1.74. The highest BCUT2D eigenvalue weighted by molar-refractivity contribution is 7.16. The summed E-state index contributed by atoms with van der Waals surface area (Å²) in [4.78, 5) is 31.3. The molecule has 4 rings (SSSR count). The average molecular weight is 370 g/mol. The van der Waals surface area contributed by atoms with Gasteiger partial charge in [-0.2, -0.15) is 0 Å². The lowest BCUT2D eigenvalue weighted by Crippen LogP contribution is -2.46. The highest BCUT2D eigenvalue weighted by Gasteiger charge is 2.33. The maximum Gasteiger partial charge on any atom is 0.280 e. The SMILES string of the molecule is CC(=O)Nc1ccc(-c2cnc(C(=O)N[C@@H]3C[C@H]4CCN(C4)C3)s2)cc1. The number of hydrogen-bond acceptors (Lipinski definition) is 5. The standard InChI is InChI=1S/C19H22N4O2S/c1-12(24)21-15-4-2-14(3-5-15)17-9-20-19(26-17)18(25)22-16-8-13-6-7-23(10-13)11-16/h2-5,9,13,16H,6-8,10-11H2,1H3,(H,21,24)(H,22,25)/t13-,16-/m1/s1. The Bertz CT molecular complexity index is 805. The van der Waals surface area contributed by atoms with Crippen molar-refractivity contribution < 1.29 is 9.59 Å². The second-order valence-corrected chi connectivity index (χ2v) is 8.14. The molecule has 2 saturated heterocycles. The lowest BCUT2D eigenvalue weighted by molar-refractivity contribution is -0.114. The molecule has 2 N–H and O–H groups in total. The number of carbonyl (C=O) groups is 2. The van der Waals surface area contributed by atoms with E-state index in [1.54, 1.807) is 6.20 Å². The summed E-state index contributed by atoms with van der Waals surface area (Å²) in [6.07, 6.45) is 4.06. The third-order valence-corrected chi connectivity index (χ3v) is 6.04. The monoisotopic (exact) mass is 370 g/mol. The molecule has 1 aromatic carbocycles. The van der Waals surface area contributed by atoms with Crippen LogP contribution in [0.4, 0.5) is 5.69 Å². The number of carbonyl (C=O) groups excluding carboxylic acids is 2. The molecule has 0 saturated carbocycles. The van der Waals surface area contributed by atoms with E-state index in [1.807, 2.05) is 24.3 Å². The lowest BCUT2D eigenvalue weighted by Gasteiger charge is -2.30. The van der Waals surface area contributed by atoms with Gasteiger partial charge in [-0.1, -0.05) is 12.1 Å². The largest absolute Gasteiger partial charge is 0.346 e. The molecule has 2 aliphatic rings. The van der Waals surface area contributed by atoms with E-state index < -0.39 is 0 Å². The molecule has 6 nitrogen and oxygen atoms in total. The zero-order valence-electron chi connectivity index (χ0n) is 14.7. The Labute approximate surface area is 156 Å². The molecule has 3 heterocycles. The van der Waals surface area contributed by atoms with Gasteiger partial charge in [0.15, 0.2) is 5.01 Å². The van der Waals surface area contributed by atoms with Crippen molar-refractivity contribution in [3.63, 3.8) is 0 Å². The smallest absolute Gasteiger partial charge is 0.280 e. The van der Waals surface area contributed by atoms with Crippen LogP contribution in [0.3, 0.4) is 0 Å². The molecule has 3 atom stereocenters. The predicted molar refractivity (Wildman–Crippen MR) is 102 cm³/mol. The molecule has 2 amide bonds. The maximum atomic E-state index is 12.5. The van der Waals surface area contributed by atoms with E-state index in [1.165, 1.54) is 31.2 Å². The van der Waals surface area contributed by atoms with E-state index in [2.05, 4.69) is 20.5 Å². The number of thiazole rings is 1. The minimum atomic E-state index is -0.0954. The van der Waals surface area contributed by atoms with Gasteiger partial charge in [0.1, 0.15) is 0 Å². The molecule has 2 bridgehead atoms. The topological polar surface area (TPSA) is 74.3 Å². The molecule has 1 aromatic heterocycles. The second kappa shape index (κ2) is 7.17. The maximum absolute atomic E-state index is 12.5. The molecule has 0 spiro atoms. The van der Waals surface area contributed by atoms with E-state index in [9.17, 15) is 9.59 Å². The first-order valence-corrected chi connectivity index (χ1v) is 9.75. The molecule has 136 valence electrons. The first-order valence-electron chi connectivity index (χ1n) is 8.94. The Kier molecular flexibility index (Phi) is 4.74. The first kappa shape index (κ1) is 17.2. The molecule has 2 aromatic rings. The molecule has 26 heavy (non-hydrogen) atoms. The van der Waals surface area contributed by atoms with Gasteiger partial charge in [0.05, 0.1) is 4.88 Å². The number of aromatic nitrogens is 1.